The van der Waals surface area contributed by atoms with Gasteiger partial charge in [0.05, 0.1) is 20.9 Å². The molecule has 0 atom stereocenters. The number of hydrogen-bond donors (Lipinski definition) is 0. The molecule has 3 aromatic carbocycles. The molecule has 0 aliphatic rings. The van der Waals surface area contributed by atoms with Gasteiger partial charge in [0.15, 0.2) is 17.3 Å². The number of ketones is 1. The smallest absolute Gasteiger partial charge is 0.268 e. The molecule has 0 amide bonds. The number of Topliss-reactive ketones (excluding diaryl/α,β-unsaturated/α-hetero) is 1. The zero-order valence-electron chi connectivity index (χ0n) is 17.9. The zero-order chi connectivity index (χ0) is 23.9. The number of rotatable bonds is 6. The minimum atomic E-state index is -3.95. The third-order valence-electron chi connectivity index (χ3n) is 5.14. The molecule has 1 aromatic heterocycles. The molecule has 0 radical (unpaired) electrons. The quantitative estimate of drug-likeness (QED) is 0.240. The SMILES string of the molecule is CSc1c(Oc2ccc(F)c(C(C)=O)c2)c(F)cc2c1ccn2S(=O)(=O)c1ccc(C)cc1. The molecule has 4 rings (SSSR count). The monoisotopic (exact) mass is 487 g/mol. The molecule has 0 spiro atoms. The highest BCUT2D eigenvalue weighted by Gasteiger charge is 2.24. The molecule has 0 bridgehead atoms. The molecule has 0 saturated heterocycles. The predicted molar refractivity (Wildman–Crippen MR) is 124 cm³/mol. The molecule has 0 N–H and O–H groups in total. The van der Waals surface area contributed by atoms with E-state index in [9.17, 15) is 17.6 Å². The Hall–Kier alpha value is -3.17. The van der Waals surface area contributed by atoms with Gasteiger partial charge in [-0.05, 0) is 56.5 Å². The summed E-state index contributed by atoms with van der Waals surface area (Å²) in [7, 11) is -3.95. The molecule has 33 heavy (non-hydrogen) atoms. The van der Waals surface area contributed by atoms with Crippen molar-refractivity contribution in [3.8, 4) is 11.5 Å². The summed E-state index contributed by atoms with van der Waals surface area (Å²) in [4.78, 5) is 12.1. The fourth-order valence-electron chi connectivity index (χ4n) is 3.46. The van der Waals surface area contributed by atoms with E-state index in [1.165, 1.54) is 49.1 Å². The second-order valence-electron chi connectivity index (χ2n) is 7.38. The third-order valence-corrected chi connectivity index (χ3v) is 7.66. The van der Waals surface area contributed by atoms with E-state index in [0.29, 0.717) is 10.3 Å². The Morgan fingerprint density at radius 3 is 2.33 bits per heavy atom. The van der Waals surface area contributed by atoms with Crippen molar-refractivity contribution in [1.29, 1.82) is 0 Å². The summed E-state index contributed by atoms with van der Waals surface area (Å²) in [6.45, 7) is 3.07. The number of carbonyl (C=O) groups excluding carboxylic acids is 1. The lowest BCUT2D eigenvalue weighted by Crippen LogP contribution is -2.12. The highest BCUT2D eigenvalue weighted by atomic mass is 32.2. The van der Waals surface area contributed by atoms with E-state index in [1.54, 1.807) is 24.5 Å². The standard InChI is InChI=1S/C24H19F2NO4S2/c1-14-4-7-17(8-5-14)33(29,30)27-11-10-18-22(27)13-21(26)23(24(18)32-3)31-16-6-9-20(25)19(12-16)15(2)28/h4-13H,1-3H3. The molecule has 0 fully saturated rings. The van der Waals surface area contributed by atoms with Gasteiger partial charge >= 0.3 is 0 Å². The van der Waals surface area contributed by atoms with Crippen molar-refractivity contribution in [2.75, 3.05) is 6.26 Å². The van der Waals surface area contributed by atoms with E-state index in [1.807, 2.05) is 6.92 Å². The highest BCUT2D eigenvalue weighted by molar-refractivity contribution is 7.99. The Morgan fingerprint density at radius 2 is 1.70 bits per heavy atom. The van der Waals surface area contributed by atoms with Crippen LogP contribution in [0.15, 0.2) is 70.6 Å². The van der Waals surface area contributed by atoms with Crippen LogP contribution in [0.1, 0.15) is 22.8 Å². The number of thioether (sulfide) groups is 1. The maximum Gasteiger partial charge on any atom is 0.268 e. The molecule has 1 heterocycles. The first-order valence-corrected chi connectivity index (χ1v) is 12.5. The molecule has 170 valence electrons. The van der Waals surface area contributed by atoms with Gasteiger partial charge in [-0.2, -0.15) is 0 Å². The average Bonchev–Trinajstić information content (AvgIpc) is 3.19. The van der Waals surface area contributed by atoms with Crippen LogP contribution in [0.2, 0.25) is 0 Å². The van der Waals surface area contributed by atoms with Crippen molar-refractivity contribution in [2.24, 2.45) is 0 Å². The number of aromatic nitrogens is 1. The highest BCUT2D eigenvalue weighted by Crippen LogP contribution is 2.41. The van der Waals surface area contributed by atoms with Crippen LogP contribution in [0.3, 0.4) is 0 Å². The van der Waals surface area contributed by atoms with Crippen LogP contribution in [0.4, 0.5) is 8.78 Å². The molecule has 0 unspecified atom stereocenters. The lowest BCUT2D eigenvalue weighted by atomic mass is 10.1. The second kappa shape index (κ2) is 8.64. The summed E-state index contributed by atoms with van der Waals surface area (Å²) in [5.41, 5.74) is 0.904. The maximum absolute atomic E-state index is 15.2. The first-order valence-electron chi connectivity index (χ1n) is 9.81. The molecule has 0 aliphatic carbocycles. The lowest BCUT2D eigenvalue weighted by molar-refractivity contribution is 0.101. The number of hydrogen-bond acceptors (Lipinski definition) is 5. The van der Waals surface area contributed by atoms with Crippen LogP contribution in [0, 0.1) is 18.6 Å². The van der Waals surface area contributed by atoms with E-state index in [2.05, 4.69) is 0 Å². The minimum absolute atomic E-state index is 0.0834. The van der Waals surface area contributed by atoms with E-state index in [-0.39, 0.29) is 27.5 Å². The van der Waals surface area contributed by atoms with Gasteiger partial charge in [0.2, 0.25) is 0 Å². The van der Waals surface area contributed by atoms with Crippen LogP contribution in [-0.4, -0.2) is 24.4 Å². The lowest BCUT2D eigenvalue weighted by Gasteiger charge is -2.14. The van der Waals surface area contributed by atoms with Crippen molar-refractivity contribution >= 4 is 38.5 Å². The number of benzene rings is 3. The fourth-order valence-corrected chi connectivity index (χ4v) is 5.52. The summed E-state index contributed by atoms with van der Waals surface area (Å²) in [5.74, 6) is -2.03. The van der Waals surface area contributed by atoms with Gasteiger partial charge in [0.25, 0.3) is 10.0 Å². The van der Waals surface area contributed by atoms with Gasteiger partial charge in [-0.15, -0.1) is 11.8 Å². The first kappa shape index (κ1) is 23.0. The first-order chi connectivity index (χ1) is 15.6. The zero-order valence-corrected chi connectivity index (χ0v) is 19.6. The number of fused-ring (bicyclic) bond motifs is 1. The largest absolute Gasteiger partial charge is 0.453 e. The van der Waals surface area contributed by atoms with Crippen molar-refractivity contribution in [3.05, 3.63) is 83.6 Å². The Labute approximate surface area is 194 Å². The predicted octanol–water partition coefficient (Wildman–Crippen LogP) is 6.18. The van der Waals surface area contributed by atoms with E-state index in [4.69, 9.17) is 4.74 Å². The van der Waals surface area contributed by atoms with Gasteiger partial charge in [0.1, 0.15) is 11.6 Å². The fraction of sp³-hybridized carbons (Fsp3) is 0.125. The number of ether oxygens (including phenoxy) is 1. The Morgan fingerprint density at radius 1 is 1.00 bits per heavy atom. The van der Waals surface area contributed by atoms with Gasteiger partial charge in [-0.3, -0.25) is 4.79 Å². The Balaban J connectivity index is 1.84. The third kappa shape index (κ3) is 4.14. The Bertz CT molecular complexity index is 1490. The van der Waals surface area contributed by atoms with Gasteiger partial charge < -0.3 is 4.74 Å². The van der Waals surface area contributed by atoms with Crippen LogP contribution < -0.4 is 4.74 Å². The van der Waals surface area contributed by atoms with E-state index < -0.39 is 27.4 Å². The topological polar surface area (TPSA) is 65.4 Å². The molecule has 4 aromatic rings. The summed E-state index contributed by atoms with van der Waals surface area (Å²) < 4.78 is 62.1. The van der Waals surface area contributed by atoms with Crippen LogP contribution >= 0.6 is 11.8 Å². The molecule has 0 saturated carbocycles. The summed E-state index contributed by atoms with van der Waals surface area (Å²) in [6, 6.07) is 12.6. The normalized spacial score (nSPS) is 11.7. The Kier molecular flexibility index (Phi) is 6.02. The van der Waals surface area contributed by atoms with Crippen molar-refractivity contribution < 1.29 is 26.7 Å². The van der Waals surface area contributed by atoms with Crippen molar-refractivity contribution in [2.45, 2.75) is 23.6 Å². The number of nitrogens with zero attached hydrogens (tertiary/aromatic N) is 1. The van der Waals surface area contributed by atoms with Crippen LogP contribution in [-0.2, 0) is 10.0 Å². The average molecular weight is 488 g/mol. The summed E-state index contributed by atoms with van der Waals surface area (Å²) in [5, 5.41) is 0.475. The summed E-state index contributed by atoms with van der Waals surface area (Å²) in [6.07, 6.45) is 3.08. The molecule has 5 nitrogen and oxygen atoms in total. The van der Waals surface area contributed by atoms with E-state index in [0.717, 1.165) is 21.7 Å². The number of aryl methyl sites for hydroxylation is 1. The van der Waals surface area contributed by atoms with Gasteiger partial charge in [0, 0.05) is 17.6 Å². The molecule has 0 aliphatic heterocycles. The maximum atomic E-state index is 15.2. The summed E-state index contributed by atoms with van der Waals surface area (Å²) >= 11 is 1.18. The van der Waals surface area contributed by atoms with Crippen molar-refractivity contribution in [3.63, 3.8) is 0 Å². The molecule has 9 heteroatoms. The minimum Gasteiger partial charge on any atom is -0.453 e. The number of halogens is 2. The van der Waals surface area contributed by atoms with Crippen LogP contribution in [0.25, 0.3) is 10.9 Å². The van der Waals surface area contributed by atoms with Crippen molar-refractivity contribution in [1.82, 2.24) is 3.97 Å². The molecular weight excluding hydrogens is 468 g/mol. The van der Waals surface area contributed by atoms with Gasteiger partial charge in [-0.1, -0.05) is 17.7 Å². The number of carbonyl (C=O) groups is 1. The van der Waals surface area contributed by atoms with Gasteiger partial charge in [-0.25, -0.2) is 21.2 Å². The van der Waals surface area contributed by atoms with E-state index >= 15 is 4.39 Å². The van der Waals surface area contributed by atoms with Crippen LogP contribution in [0.5, 0.6) is 11.5 Å². The molecular formula is C24H19F2NO4S2. The second-order valence-corrected chi connectivity index (χ2v) is 10.0.